The quantitative estimate of drug-likeness (QED) is 0.630. The van der Waals surface area contributed by atoms with Gasteiger partial charge in [-0.3, -0.25) is 4.79 Å². The molecule has 7 heteroatoms. The Kier molecular flexibility index (Phi) is 5.73. The van der Waals surface area contributed by atoms with Crippen molar-refractivity contribution in [3.63, 3.8) is 0 Å². The van der Waals surface area contributed by atoms with Crippen molar-refractivity contribution in [2.24, 2.45) is 5.92 Å². The lowest BCUT2D eigenvalue weighted by molar-refractivity contribution is -0.137. The van der Waals surface area contributed by atoms with Crippen LogP contribution in [0.5, 0.6) is 0 Å². The first-order chi connectivity index (χ1) is 14.3. The number of benzene rings is 2. The second-order valence-corrected chi connectivity index (χ2v) is 8.21. The zero-order valence-electron chi connectivity index (χ0n) is 16.8. The first kappa shape index (κ1) is 20.7. The Labute approximate surface area is 174 Å². The first-order valence-electron chi connectivity index (χ1n) is 10.3. The highest BCUT2D eigenvalue weighted by molar-refractivity contribution is 5.72. The van der Waals surface area contributed by atoms with Gasteiger partial charge in [-0.25, -0.2) is 0 Å². The highest BCUT2D eigenvalue weighted by Gasteiger charge is 2.45. The zero-order chi connectivity index (χ0) is 21.3. The summed E-state index contributed by atoms with van der Waals surface area (Å²) in [6.45, 7) is 2.66. The van der Waals surface area contributed by atoms with Crippen molar-refractivity contribution in [2.75, 3.05) is 18.4 Å². The number of rotatable bonds is 5. The normalized spacial score (nSPS) is 25.2. The van der Waals surface area contributed by atoms with E-state index in [0.29, 0.717) is 13.1 Å². The molecule has 1 heterocycles. The molecule has 2 aliphatic rings. The fourth-order valence-corrected chi connectivity index (χ4v) is 4.92. The molecule has 160 valence electrons. The highest BCUT2D eigenvalue weighted by Crippen LogP contribution is 2.53. The molecule has 1 fully saturated rings. The van der Waals surface area contributed by atoms with E-state index in [-0.39, 0.29) is 29.8 Å². The molecule has 1 aliphatic heterocycles. The molecule has 0 aromatic heterocycles. The minimum Gasteiger partial charge on any atom is -0.378 e. The first-order valence-corrected chi connectivity index (χ1v) is 10.3. The van der Waals surface area contributed by atoms with Crippen LogP contribution in [0.1, 0.15) is 48.4 Å². The summed E-state index contributed by atoms with van der Waals surface area (Å²) in [7, 11) is 0. The lowest BCUT2D eigenvalue weighted by Gasteiger charge is -2.38. The number of alkyl halides is 3. The number of hydrogen-bond acceptors (Lipinski definition) is 3. The predicted octanol–water partition coefficient (Wildman–Crippen LogP) is 4.46. The van der Waals surface area contributed by atoms with Crippen LogP contribution in [0, 0.1) is 5.92 Å². The number of halogens is 3. The van der Waals surface area contributed by atoms with Crippen molar-refractivity contribution < 1.29 is 18.0 Å². The monoisotopic (exact) mass is 417 g/mol. The van der Waals surface area contributed by atoms with Crippen LogP contribution < -0.4 is 16.0 Å². The Morgan fingerprint density at radius 2 is 1.87 bits per heavy atom. The standard InChI is InChI=1S/C23H26F3N3O/c1-14(30)27-9-10-28-17-12-18-19-11-16(23(24,25)26)7-8-21(19)29-22(20(18)13-17)15-5-3-2-4-6-15/h2-8,11,17-18,20,22,28-29H,9-10,12-13H2,1H3,(H,27,30)/t17-,18+,20+,22-/m0/s1. The van der Waals surface area contributed by atoms with Gasteiger partial charge in [0.2, 0.25) is 5.91 Å². The smallest absolute Gasteiger partial charge is 0.378 e. The molecule has 2 aromatic rings. The maximum absolute atomic E-state index is 13.3. The van der Waals surface area contributed by atoms with Gasteiger partial charge in [0.25, 0.3) is 0 Å². The molecule has 2 aromatic carbocycles. The maximum Gasteiger partial charge on any atom is 0.416 e. The van der Waals surface area contributed by atoms with E-state index in [1.54, 1.807) is 6.07 Å². The molecule has 0 unspecified atom stereocenters. The number of hydrogen-bond donors (Lipinski definition) is 3. The van der Waals surface area contributed by atoms with Gasteiger partial charge in [0.1, 0.15) is 0 Å². The van der Waals surface area contributed by atoms with Crippen molar-refractivity contribution in [1.29, 1.82) is 0 Å². The fourth-order valence-electron chi connectivity index (χ4n) is 4.92. The summed E-state index contributed by atoms with van der Waals surface area (Å²) < 4.78 is 40.0. The van der Waals surface area contributed by atoms with Gasteiger partial charge in [-0.2, -0.15) is 13.2 Å². The van der Waals surface area contributed by atoms with Crippen molar-refractivity contribution in [2.45, 2.75) is 43.9 Å². The largest absolute Gasteiger partial charge is 0.416 e. The van der Waals surface area contributed by atoms with Crippen molar-refractivity contribution in [1.82, 2.24) is 10.6 Å². The van der Waals surface area contributed by atoms with Crippen LogP contribution in [-0.4, -0.2) is 25.0 Å². The van der Waals surface area contributed by atoms with E-state index in [1.807, 2.05) is 18.2 Å². The van der Waals surface area contributed by atoms with E-state index in [2.05, 4.69) is 28.1 Å². The van der Waals surface area contributed by atoms with E-state index < -0.39 is 11.7 Å². The molecule has 30 heavy (non-hydrogen) atoms. The van der Waals surface area contributed by atoms with Crippen LogP contribution >= 0.6 is 0 Å². The van der Waals surface area contributed by atoms with E-state index in [1.165, 1.54) is 13.0 Å². The highest BCUT2D eigenvalue weighted by atomic mass is 19.4. The van der Waals surface area contributed by atoms with E-state index >= 15 is 0 Å². The van der Waals surface area contributed by atoms with E-state index in [9.17, 15) is 18.0 Å². The Morgan fingerprint density at radius 3 is 2.57 bits per heavy atom. The molecular formula is C23H26F3N3O. The predicted molar refractivity (Wildman–Crippen MR) is 110 cm³/mol. The van der Waals surface area contributed by atoms with Gasteiger partial charge in [-0.05, 0) is 54.0 Å². The summed E-state index contributed by atoms with van der Waals surface area (Å²) in [5.74, 6) is 0.174. The number of fused-ring (bicyclic) bond motifs is 3. The fraction of sp³-hybridized carbons (Fsp3) is 0.435. The molecule has 1 saturated carbocycles. The number of nitrogens with one attached hydrogen (secondary N) is 3. The SMILES string of the molecule is CC(=O)NCCN[C@@H]1C[C@@H]2[C@H](C1)c1cc(C(F)(F)F)ccc1N[C@H]2c1ccccc1. The van der Waals surface area contributed by atoms with E-state index in [0.717, 1.165) is 35.7 Å². The molecule has 4 rings (SSSR count). The second-order valence-electron chi connectivity index (χ2n) is 8.21. The number of carbonyl (C=O) groups excluding carboxylic acids is 1. The van der Waals surface area contributed by atoms with Crippen LogP contribution in [0.15, 0.2) is 48.5 Å². The molecule has 4 nitrogen and oxygen atoms in total. The summed E-state index contributed by atoms with van der Waals surface area (Å²) >= 11 is 0. The van der Waals surface area contributed by atoms with Crippen LogP contribution in [0.2, 0.25) is 0 Å². The van der Waals surface area contributed by atoms with Gasteiger partial charge >= 0.3 is 6.18 Å². The maximum atomic E-state index is 13.3. The molecule has 0 spiro atoms. The molecule has 4 atom stereocenters. The number of carbonyl (C=O) groups is 1. The Balaban J connectivity index is 1.60. The summed E-state index contributed by atoms with van der Waals surface area (Å²) in [4.78, 5) is 11.1. The lowest BCUT2D eigenvalue weighted by atomic mass is 9.77. The summed E-state index contributed by atoms with van der Waals surface area (Å²) in [5.41, 5.74) is 2.10. The minimum atomic E-state index is -4.35. The summed E-state index contributed by atoms with van der Waals surface area (Å²) in [6, 6.07) is 14.4. The van der Waals surface area contributed by atoms with Crippen LogP contribution in [0.25, 0.3) is 0 Å². The summed E-state index contributed by atoms with van der Waals surface area (Å²) in [6.07, 6.45) is -2.70. The van der Waals surface area contributed by atoms with Crippen molar-refractivity contribution >= 4 is 11.6 Å². The van der Waals surface area contributed by atoms with Gasteiger partial charge in [0.05, 0.1) is 11.6 Å². The molecule has 0 bridgehead atoms. The van der Waals surface area contributed by atoms with Crippen LogP contribution in [-0.2, 0) is 11.0 Å². The molecule has 3 N–H and O–H groups in total. The van der Waals surface area contributed by atoms with Crippen LogP contribution in [0.3, 0.4) is 0 Å². The van der Waals surface area contributed by atoms with Gasteiger partial charge in [0.15, 0.2) is 0 Å². The molecule has 1 aliphatic carbocycles. The minimum absolute atomic E-state index is 0.0482. The number of anilines is 1. The molecule has 1 amide bonds. The van der Waals surface area contributed by atoms with Crippen molar-refractivity contribution in [3.8, 4) is 0 Å². The third-order valence-electron chi connectivity index (χ3n) is 6.22. The van der Waals surface area contributed by atoms with E-state index in [4.69, 9.17) is 0 Å². The van der Waals surface area contributed by atoms with Gasteiger partial charge < -0.3 is 16.0 Å². The van der Waals surface area contributed by atoms with Gasteiger partial charge in [0, 0.05) is 31.7 Å². The third-order valence-corrected chi connectivity index (χ3v) is 6.22. The van der Waals surface area contributed by atoms with Gasteiger partial charge in [-0.1, -0.05) is 30.3 Å². The van der Waals surface area contributed by atoms with Gasteiger partial charge in [-0.15, -0.1) is 0 Å². The second kappa shape index (κ2) is 8.30. The van der Waals surface area contributed by atoms with Crippen LogP contribution in [0.4, 0.5) is 18.9 Å². The average molecular weight is 417 g/mol. The zero-order valence-corrected chi connectivity index (χ0v) is 16.8. The van der Waals surface area contributed by atoms with Crippen molar-refractivity contribution in [3.05, 3.63) is 65.2 Å². The Morgan fingerprint density at radius 1 is 1.10 bits per heavy atom. The number of amides is 1. The third kappa shape index (κ3) is 4.31. The Bertz CT molecular complexity index is 900. The Hall–Kier alpha value is -2.54. The lowest BCUT2D eigenvalue weighted by Crippen LogP contribution is -2.35. The molecular weight excluding hydrogens is 391 g/mol. The molecule has 0 saturated heterocycles. The molecule has 0 radical (unpaired) electrons. The summed E-state index contributed by atoms with van der Waals surface area (Å²) in [5, 5.41) is 9.76. The topological polar surface area (TPSA) is 53.2 Å². The average Bonchev–Trinajstić information content (AvgIpc) is 3.14.